The number of oxime groups is 1. The number of hydrogen-bond acceptors (Lipinski definition) is 4. The van der Waals surface area contributed by atoms with Crippen LogP contribution in [0.15, 0.2) is 23.4 Å². The molecule has 0 aromatic heterocycles. The van der Waals surface area contributed by atoms with E-state index in [2.05, 4.69) is 5.16 Å². The number of hydrogen-bond donors (Lipinski definition) is 1. The zero-order valence-electron chi connectivity index (χ0n) is 9.80. The fourth-order valence-corrected chi connectivity index (χ4v) is 1.98. The van der Waals surface area contributed by atoms with Gasteiger partial charge in [0, 0.05) is 6.54 Å². The largest absolute Gasteiger partial charge is 0.452 e. The van der Waals surface area contributed by atoms with Crippen LogP contribution in [0.3, 0.4) is 0 Å². The molecule has 1 aromatic rings. The van der Waals surface area contributed by atoms with Gasteiger partial charge >= 0.3 is 6.09 Å². The number of fused-ring (bicyclic) bond motifs is 1. The molecule has 1 aliphatic rings. The van der Waals surface area contributed by atoms with Crippen LogP contribution >= 0.6 is 0 Å². The fourth-order valence-electron chi connectivity index (χ4n) is 1.98. The van der Waals surface area contributed by atoms with E-state index < -0.39 is 0 Å². The Morgan fingerprint density at radius 2 is 2.29 bits per heavy atom. The fraction of sp³-hybridized carbons (Fsp3) is 0.333. The molecule has 5 heteroatoms. The first-order valence-electron chi connectivity index (χ1n) is 5.35. The van der Waals surface area contributed by atoms with E-state index in [1.54, 1.807) is 11.8 Å². The van der Waals surface area contributed by atoms with E-state index in [-0.39, 0.29) is 6.09 Å². The third-order valence-corrected chi connectivity index (χ3v) is 2.94. The highest BCUT2D eigenvalue weighted by Gasteiger charge is 2.25. The minimum absolute atomic E-state index is 0.343. The van der Waals surface area contributed by atoms with Gasteiger partial charge in [-0.3, -0.25) is 4.90 Å². The van der Waals surface area contributed by atoms with Crippen molar-refractivity contribution in [3.63, 3.8) is 0 Å². The van der Waals surface area contributed by atoms with E-state index in [1.807, 2.05) is 18.2 Å². The lowest BCUT2D eigenvalue weighted by molar-refractivity contribution is 0.179. The highest BCUT2D eigenvalue weighted by Crippen LogP contribution is 2.29. The van der Waals surface area contributed by atoms with Gasteiger partial charge in [0.2, 0.25) is 0 Å². The molecule has 1 amide bonds. The Hall–Kier alpha value is -2.04. The summed E-state index contributed by atoms with van der Waals surface area (Å²) in [6.07, 6.45) is 0.445. The summed E-state index contributed by atoms with van der Waals surface area (Å²) in [5, 5.41) is 11.9. The third kappa shape index (κ3) is 1.95. The second kappa shape index (κ2) is 4.45. The van der Waals surface area contributed by atoms with Crippen molar-refractivity contribution in [1.29, 1.82) is 0 Å². The average molecular weight is 234 g/mol. The van der Waals surface area contributed by atoms with Gasteiger partial charge in [-0.25, -0.2) is 4.79 Å². The maximum Gasteiger partial charge on any atom is 0.414 e. The summed E-state index contributed by atoms with van der Waals surface area (Å²) in [6, 6.07) is 5.62. The molecule has 0 radical (unpaired) electrons. The molecule has 0 spiro atoms. The summed E-state index contributed by atoms with van der Waals surface area (Å²) in [7, 11) is 1.37. The molecule has 0 atom stereocenters. The highest BCUT2D eigenvalue weighted by atomic mass is 16.5. The molecule has 5 nitrogen and oxygen atoms in total. The highest BCUT2D eigenvalue weighted by molar-refractivity contribution is 5.99. The monoisotopic (exact) mass is 234 g/mol. The normalized spacial score (nSPS) is 14.7. The Labute approximate surface area is 99.3 Å². The van der Waals surface area contributed by atoms with Gasteiger partial charge in [-0.1, -0.05) is 11.2 Å². The summed E-state index contributed by atoms with van der Waals surface area (Å²) < 4.78 is 4.71. The SMILES string of the molecule is COC(=O)N1CCc2cc(/C(C)=N/O)ccc21. The van der Waals surface area contributed by atoms with Gasteiger partial charge in [-0.15, -0.1) is 0 Å². The molecule has 0 unspecified atom stereocenters. The number of rotatable bonds is 1. The number of amides is 1. The lowest BCUT2D eigenvalue weighted by Crippen LogP contribution is -2.28. The Bertz CT molecular complexity index is 483. The van der Waals surface area contributed by atoms with E-state index in [4.69, 9.17) is 9.94 Å². The predicted molar refractivity (Wildman–Crippen MR) is 63.9 cm³/mol. The van der Waals surface area contributed by atoms with Crippen LogP contribution in [-0.4, -0.2) is 30.7 Å². The molecule has 0 saturated carbocycles. The molecular formula is C12H14N2O3. The van der Waals surface area contributed by atoms with Gasteiger partial charge in [-0.05, 0) is 36.6 Å². The van der Waals surface area contributed by atoms with Crippen LogP contribution < -0.4 is 4.90 Å². The lowest BCUT2D eigenvalue weighted by Gasteiger charge is -2.15. The van der Waals surface area contributed by atoms with Gasteiger partial charge in [0.15, 0.2) is 0 Å². The van der Waals surface area contributed by atoms with Crippen molar-refractivity contribution in [2.75, 3.05) is 18.6 Å². The molecule has 1 N–H and O–H groups in total. The summed E-state index contributed by atoms with van der Waals surface area (Å²) in [4.78, 5) is 13.1. The van der Waals surface area contributed by atoms with E-state index in [0.29, 0.717) is 12.3 Å². The van der Waals surface area contributed by atoms with Gasteiger partial charge in [-0.2, -0.15) is 0 Å². The van der Waals surface area contributed by atoms with Crippen LogP contribution in [0.25, 0.3) is 0 Å². The minimum Gasteiger partial charge on any atom is -0.452 e. The number of ether oxygens (including phenoxy) is 1. The Balaban J connectivity index is 2.35. The first-order chi connectivity index (χ1) is 8.17. The van der Waals surface area contributed by atoms with Crippen LogP contribution in [0.2, 0.25) is 0 Å². The van der Waals surface area contributed by atoms with E-state index in [1.165, 1.54) is 7.11 Å². The first-order valence-corrected chi connectivity index (χ1v) is 5.35. The van der Waals surface area contributed by atoms with Crippen molar-refractivity contribution in [1.82, 2.24) is 0 Å². The van der Waals surface area contributed by atoms with Crippen molar-refractivity contribution in [3.05, 3.63) is 29.3 Å². The van der Waals surface area contributed by atoms with E-state index >= 15 is 0 Å². The molecule has 0 saturated heterocycles. The lowest BCUT2D eigenvalue weighted by atomic mass is 10.1. The predicted octanol–water partition coefficient (Wildman–Crippen LogP) is 2.01. The smallest absolute Gasteiger partial charge is 0.414 e. The third-order valence-electron chi connectivity index (χ3n) is 2.94. The topological polar surface area (TPSA) is 62.1 Å². The molecule has 1 aromatic carbocycles. The van der Waals surface area contributed by atoms with Gasteiger partial charge in [0.25, 0.3) is 0 Å². The molecule has 90 valence electrons. The second-order valence-corrected chi connectivity index (χ2v) is 3.90. The average Bonchev–Trinajstić information content (AvgIpc) is 2.79. The molecule has 17 heavy (non-hydrogen) atoms. The van der Waals surface area contributed by atoms with Crippen molar-refractivity contribution < 1.29 is 14.7 Å². The van der Waals surface area contributed by atoms with Crippen LogP contribution in [0.1, 0.15) is 18.1 Å². The number of benzene rings is 1. The zero-order chi connectivity index (χ0) is 12.4. The van der Waals surface area contributed by atoms with Crippen LogP contribution in [0, 0.1) is 0 Å². The van der Waals surface area contributed by atoms with Crippen molar-refractivity contribution in [2.24, 2.45) is 5.16 Å². The Kier molecular flexibility index (Phi) is 2.99. The first kappa shape index (κ1) is 11.4. The number of carbonyl (C=O) groups excluding carboxylic acids is 1. The number of carbonyl (C=O) groups is 1. The molecule has 0 aliphatic carbocycles. The number of nitrogens with zero attached hydrogens (tertiary/aromatic N) is 2. The maximum atomic E-state index is 11.5. The number of anilines is 1. The summed E-state index contributed by atoms with van der Waals surface area (Å²) in [6.45, 7) is 2.36. The van der Waals surface area contributed by atoms with Crippen molar-refractivity contribution in [2.45, 2.75) is 13.3 Å². The Morgan fingerprint density at radius 1 is 1.53 bits per heavy atom. The zero-order valence-corrected chi connectivity index (χ0v) is 9.80. The minimum atomic E-state index is -0.343. The van der Waals surface area contributed by atoms with E-state index in [0.717, 1.165) is 23.2 Å². The van der Waals surface area contributed by atoms with Gasteiger partial charge in [0.1, 0.15) is 0 Å². The summed E-state index contributed by atoms with van der Waals surface area (Å²) >= 11 is 0. The maximum absolute atomic E-state index is 11.5. The summed E-state index contributed by atoms with van der Waals surface area (Å²) in [5.41, 5.74) is 3.35. The van der Waals surface area contributed by atoms with Gasteiger partial charge < -0.3 is 9.94 Å². The molecule has 2 rings (SSSR count). The van der Waals surface area contributed by atoms with Crippen molar-refractivity contribution >= 4 is 17.5 Å². The van der Waals surface area contributed by atoms with E-state index in [9.17, 15) is 4.79 Å². The summed E-state index contributed by atoms with van der Waals surface area (Å²) in [5.74, 6) is 0. The Morgan fingerprint density at radius 3 is 2.94 bits per heavy atom. The van der Waals surface area contributed by atoms with Crippen LogP contribution in [0.4, 0.5) is 10.5 Å². The second-order valence-electron chi connectivity index (χ2n) is 3.90. The molecular weight excluding hydrogens is 220 g/mol. The quantitative estimate of drug-likeness (QED) is 0.459. The number of methoxy groups -OCH3 is 1. The standard InChI is InChI=1S/C12H14N2O3/c1-8(13-16)9-3-4-11-10(7-9)5-6-14(11)12(15)17-2/h3-4,7,16H,5-6H2,1-2H3/b13-8+. The molecule has 0 fully saturated rings. The van der Waals surface area contributed by atoms with Gasteiger partial charge in [0.05, 0.1) is 18.5 Å². The molecule has 1 heterocycles. The molecule has 0 bridgehead atoms. The molecule has 1 aliphatic heterocycles. The van der Waals surface area contributed by atoms with Crippen LogP contribution in [0.5, 0.6) is 0 Å². The van der Waals surface area contributed by atoms with Crippen molar-refractivity contribution in [3.8, 4) is 0 Å². The van der Waals surface area contributed by atoms with Crippen LogP contribution in [-0.2, 0) is 11.2 Å².